The summed E-state index contributed by atoms with van der Waals surface area (Å²) in [5, 5.41) is 9.15. The molecule has 1 amide bonds. The van der Waals surface area contributed by atoms with Gasteiger partial charge in [0.25, 0.3) is 0 Å². The molecule has 0 unspecified atom stereocenters. The molecule has 2 aliphatic rings. The van der Waals surface area contributed by atoms with E-state index in [0.29, 0.717) is 29.3 Å². The summed E-state index contributed by atoms with van der Waals surface area (Å²) in [5.74, 6) is -0.0536. The van der Waals surface area contributed by atoms with E-state index >= 15 is 0 Å². The number of thiophene rings is 1. The molecule has 0 aromatic carbocycles. The second-order valence-corrected chi connectivity index (χ2v) is 6.96. The summed E-state index contributed by atoms with van der Waals surface area (Å²) in [7, 11) is 0. The molecule has 2 aliphatic heterocycles. The van der Waals surface area contributed by atoms with Gasteiger partial charge >= 0.3 is 6.09 Å². The Labute approximate surface area is 125 Å². The molecule has 1 N–H and O–H groups in total. The van der Waals surface area contributed by atoms with Crippen LogP contribution in [0, 0.1) is 0 Å². The smallest absolute Gasteiger partial charge is 0.407 e. The molecule has 3 heterocycles. The summed E-state index contributed by atoms with van der Waals surface area (Å²) in [6.07, 6.45) is 0.195. The van der Waals surface area contributed by atoms with Crippen molar-refractivity contribution in [2.45, 2.75) is 31.4 Å². The van der Waals surface area contributed by atoms with Crippen molar-refractivity contribution < 1.29 is 19.4 Å². The minimum Gasteiger partial charge on any atom is -0.465 e. The van der Waals surface area contributed by atoms with Crippen molar-refractivity contribution in [2.75, 3.05) is 13.2 Å². The Hall–Kier alpha value is -1.11. The van der Waals surface area contributed by atoms with E-state index < -0.39 is 11.7 Å². The number of ketones is 1. The highest BCUT2D eigenvalue weighted by atomic mass is 35.5. The lowest BCUT2D eigenvalue weighted by Gasteiger charge is -2.45. The van der Waals surface area contributed by atoms with Crippen molar-refractivity contribution in [1.82, 2.24) is 4.90 Å². The average Bonchev–Trinajstić information content (AvgIpc) is 2.78. The molecule has 0 aliphatic carbocycles. The number of carbonyl (C=O) groups excluding carboxylic acids is 1. The molecule has 1 aromatic heterocycles. The molecule has 0 saturated carbocycles. The van der Waals surface area contributed by atoms with Gasteiger partial charge in [0.1, 0.15) is 12.2 Å². The third-order valence-corrected chi connectivity index (χ3v) is 5.50. The van der Waals surface area contributed by atoms with Gasteiger partial charge in [-0.05, 0) is 19.4 Å². The first-order valence-electron chi connectivity index (χ1n) is 6.39. The van der Waals surface area contributed by atoms with E-state index in [0.717, 1.165) is 4.88 Å². The van der Waals surface area contributed by atoms with Crippen LogP contribution in [0.2, 0.25) is 4.34 Å². The number of ether oxygens (including phenoxy) is 1. The van der Waals surface area contributed by atoms with Crippen molar-refractivity contribution >= 4 is 34.8 Å². The number of nitrogens with zero attached hydrogens (tertiary/aromatic N) is 1. The van der Waals surface area contributed by atoms with Crippen molar-refractivity contribution in [3.05, 3.63) is 20.8 Å². The van der Waals surface area contributed by atoms with Crippen LogP contribution < -0.4 is 0 Å². The second-order valence-electron chi connectivity index (χ2n) is 5.28. The van der Waals surface area contributed by atoms with Crippen LogP contribution in [0.5, 0.6) is 0 Å². The van der Waals surface area contributed by atoms with E-state index in [-0.39, 0.29) is 18.4 Å². The Balaban J connectivity index is 1.97. The molecular formula is C13H14ClNO4S. The molecule has 108 valence electrons. The van der Waals surface area contributed by atoms with Crippen LogP contribution in [0.3, 0.4) is 0 Å². The van der Waals surface area contributed by atoms with Crippen LogP contribution in [-0.4, -0.2) is 41.1 Å². The number of Topliss-reactive ketones (excluding diaryl/α,β-unsaturated/α-hetero) is 1. The number of likely N-dealkylation sites (tertiary alicyclic amines) is 1. The lowest BCUT2D eigenvalue weighted by Crippen LogP contribution is -2.52. The standard InChI is InChI=1S/C13H14ClNO4S/c1-7-5-13(2-3-15(7)12(17)18)11-8(4-10(14)20-11)9(16)6-19-13/h4,7H,2-3,5-6H2,1H3,(H,17,18)/t7-,13+/m0/s1. The van der Waals surface area contributed by atoms with Gasteiger partial charge in [-0.1, -0.05) is 11.6 Å². The van der Waals surface area contributed by atoms with Crippen LogP contribution in [-0.2, 0) is 10.3 Å². The van der Waals surface area contributed by atoms with E-state index in [2.05, 4.69) is 0 Å². The van der Waals surface area contributed by atoms with Gasteiger partial charge in [0.05, 0.1) is 4.34 Å². The van der Waals surface area contributed by atoms with Gasteiger partial charge in [0.2, 0.25) is 0 Å². The lowest BCUT2D eigenvalue weighted by atomic mass is 9.82. The first kappa shape index (κ1) is 13.9. The van der Waals surface area contributed by atoms with Crippen LogP contribution in [0.25, 0.3) is 0 Å². The van der Waals surface area contributed by atoms with Crippen molar-refractivity contribution in [2.24, 2.45) is 0 Å². The van der Waals surface area contributed by atoms with E-state index in [4.69, 9.17) is 21.4 Å². The summed E-state index contributed by atoms with van der Waals surface area (Å²) in [6.45, 7) is 2.31. The fraction of sp³-hybridized carbons (Fsp3) is 0.538. The zero-order valence-corrected chi connectivity index (χ0v) is 12.5. The number of halogens is 1. The quantitative estimate of drug-likeness (QED) is 0.799. The van der Waals surface area contributed by atoms with Crippen LogP contribution in [0.15, 0.2) is 6.07 Å². The number of piperidine rings is 1. The summed E-state index contributed by atoms with van der Waals surface area (Å²) < 4.78 is 6.41. The molecule has 20 heavy (non-hydrogen) atoms. The van der Waals surface area contributed by atoms with Gasteiger partial charge in [0, 0.05) is 29.4 Å². The zero-order chi connectivity index (χ0) is 14.5. The maximum Gasteiger partial charge on any atom is 0.407 e. The fourth-order valence-electron chi connectivity index (χ4n) is 3.09. The Morgan fingerprint density at radius 1 is 1.65 bits per heavy atom. The first-order valence-corrected chi connectivity index (χ1v) is 7.59. The van der Waals surface area contributed by atoms with Crippen molar-refractivity contribution in [3.63, 3.8) is 0 Å². The van der Waals surface area contributed by atoms with E-state index in [1.807, 2.05) is 6.92 Å². The largest absolute Gasteiger partial charge is 0.465 e. The normalized spacial score (nSPS) is 29.6. The molecule has 3 rings (SSSR count). The monoisotopic (exact) mass is 315 g/mol. The Morgan fingerprint density at radius 2 is 2.40 bits per heavy atom. The fourth-order valence-corrected chi connectivity index (χ4v) is 4.51. The Morgan fingerprint density at radius 3 is 3.05 bits per heavy atom. The third kappa shape index (κ3) is 2.03. The highest BCUT2D eigenvalue weighted by molar-refractivity contribution is 7.16. The van der Waals surface area contributed by atoms with Gasteiger partial charge in [-0.2, -0.15) is 0 Å². The van der Waals surface area contributed by atoms with Gasteiger partial charge in [-0.15, -0.1) is 11.3 Å². The molecule has 0 bridgehead atoms. The van der Waals surface area contributed by atoms with Crippen LogP contribution in [0.1, 0.15) is 35.0 Å². The maximum absolute atomic E-state index is 11.9. The first-order chi connectivity index (χ1) is 9.43. The summed E-state index contributed by atoms with van der Waals surface area (Å²) in [4.78, 5) is 25.3. The third-order valence-electron chi connectivity index (χ3n) is 4.06. The van der Waals surface area contributed by atoms with E-state index in [1.54, 1.807) is 6.07 Å². The predicted molar refractivity (Wildman–Crippen MR) is 74.7 cm³/mol. The number of carboxylic acid groups (broad SMARTS) is 1. The highest BCUT2D eigenvalue weighted by Crippen LogP contribution is 2.47. The lowest BCUT2D eigenvalue weighted by molar-refractivity contribution is -0.0932. The summed E-state index contributed by atoms with van der Waals surface area (Å²) >= 11 is 7.40. The van der Waals surface area contributed by atoms with Crippen molar-refractivity contribution in [1.29, 1.82) is 0 Å². The average molecular weight is 316 g/mol. The van der Waals surface area contributed by atoms with Crippen LogP contribution in [0.4, 0.5) is 4.79 Å². The molecule has 1 fully saturated rings. The van der Waals surface area contributed by atoms with Crippen LogP contribution >= 0.6 is 22.9 Å². The van der Waals surface area contributed by atoms with E-state index in [9.17, 15) is 9.59 Å². The number of carbonyl (C=O) groups is 2. The minimum atomic E-state index is -0.913. The predicted octanol–water partition coefficient (Wildman–Crippen LogP) is 2.97. The SMILES string of the molecule is C[C@H]1C[C@@]2(CCN1C(=O)O)OCC(=O)c1cc(Cl)sc12. The van der Waals surface area contributed by atoms with Gasteiger partial charge in [-0.25, -0.2) is 4.79 Å². The second kappa shape index (κ2) is 4.72. The topological polar surface area (TPSA) is 66.8 Å². The Bertz CT molecular complexity index is 587. The highest BCUT2D eigenvalue weighted by Gasteiger charge is 2.47. The van der Waals surface area contributed by atoms with Crippen molar-refractivity contribution in [3.8, 4) is 0 Å². The van der Waals surface area contributed by atoms with Gasteiger partial charge < -0.3 is 14.7 Å². The number of amides is 1. The molecule has 0 radical (unpaired) electrons. The van der Waals surface area contributed by atoms with E-state index in [1.165, 1.54) is 16.2 Å². The molecule has 1 aromatic rings. The minimum absolute atomic E-state index is 0.0415. The number of fused-ring (bicyclic) bond motifs is 2. The summed E-state index contributed by atoms with van der Waals surface area (Å²) in [5.41, 5.74) is 0.0779. The van der Waals surface area contributed by atoms with Gasteiger partial charge in [0.15, 0.2) is 5.78 Å². The number of hydrogen-bond donors (Lipinski definition) is 1. The molecule has 5 nitrogen and oxygen atoms in total. The Kier molecular flexibility index (Phi) is 3.27. The molecule has 7 heteroatoms. The zero-order valence-electron chi connectivity index (χ0n) is 10.9. The molecule has 1 saturated heterocycles. The molecular weight excluding hydrogens is 302 g/mol. The maximum atomic E-state index is 11.9. The number of rotatable bonds is 0. The summed E-state index contributed by atoms with van der Waals surface area (Å²) in [6, 6.07) is 1.55. The number of hydrogen-bond acceptors (Lipinski definition) is 4. The molecule has 1 spiro atoms. The molecule has 2 atom stereocenters. The van der Waals surface area contributed by atoms with Gasteiger partial charge in [-0.3, -0.25) is 4.79 Å².